The van der Waals surface area contributed by atoms with Gasteiger partial charge in [0.2, 0.25) is 0 Å². The average Bonchev–Trinajstić information content (AvgIpc) is 2.73. The first kappa shape index (κ1) is 18.5. The van der Waals surface area contributed by atoms with Gasteiger partial charge in [0.05, 0.1) is 26.1 Å². The fourth-order valence-electron chi connectivity index (χ4n) is 3.18. The number of oxime groups is 1. The summed E-state index contributed by atoms with van der Waals surface area (Å²) in [6.07, 6.45) is 4.71. The molecular weight excluding hydrogens is 340 g/mol. The lowest BCUT2D eigenvalue weighted by Crippen LogP contribution is -2.03. The van der Waals surface area contributed by atoms with Gasteiger partial charge in [0.1, 0.15) is 11.5 Å². The lowest BCUT2D eigenvalue weighted by atomic mass is 9.97. The van der Waals surface area contributed by atoms with Crippen molar-refractivity contribution < 1.29 is 14.7 Å². The lowest BCUT2D eigenvalue weighted by Gasteiger charge is -2.17. The summed E-state index contributed by atoms with van der Waals surface area (Å²) in [5, 5.41) is 12.1. The van der Waals surface area contributed by atoms with Crippen molar-refractivity contribution in [2.75, 3.05) is 14.2 Å². The van der Waals surface area contributed by atoms with Crippen LogP contribution in [0.25, 0.3) is 11.3 Å². The Balaban J connectivity index is 2.06. The molecule has 5 heteroatoms. The number of rotatable bonds is 7. The summed E-state index contributed by atoms with van der Waals surface area (Å²) >= 11 is 0. The van der Waals surface area contributed by atoms with Gasteiger partial charge in [-0.2, -0.15) is 0 Å². The minimum atomic E-state index is 0.691. The molecule has 0 saturated carbocycles. The summed E-state index contributed by atoms with van der Waals surface area (Å²) in [6, 6.07) is 17.8. The molecular formula is C22H22N2O3. The zero-order valence-electron chi connectivity index (χ0n) is 15.4. The zero-order chi connectivity index (χ0) is 19.1. The normalized spacial score (nSPS) is 10.9. The smallest absolute Gasteiger partial charge is 0.135 e. The van der Waals surface area contributed by atoms with Gasteiger partial charge in [-0.15, -0.1) is 0 Å². The van der Waals surface area contributed by atoms with Crippen molar-refractivity contribution in [3.8, 4) is 22.8 Å². The van der Waals surface area contributed by atoms with Crippen LogP contribution in [0.4, 0.5) is 0 Å². The third-order valence-corrected chi connectivity index (χ3v) is 4.44. The van der Waals surface area contributed by atoms with E-state index in [0.717, 1.165) is 35.5 Å². The average molecular weight is 362 g/mol. The molecule has 0 spiro atoms. The molecule has 0 atom stereocenters. The predicted octanol–water partition coefficient (Wildman–Crippen LogP) is 4.36. The fraction of sp³-hybridized carbons (Fsp3) is 0.182. The first-order valence-electron chi connectivity index (χ1n) is 8.69. The molecule has 5 nitrogen and oxygen atoms in total. The maximum atomic E-state index is 8.96. The Hall–Kier alpha value is -3.34. The van der Waals surface area contributed by atoms with E-state index in [1.165, 1.54) is 11.8 Å². The van der Waals surface area contributed by atoms with Gasteiger partial charge in [-0.05, 0) is 42.7 Å². The summed E-state index contributed by atoms with van der Waals surface area (Å²) in [5.41, 5.74) is 4.46. The topological polar surface area (TPSA) is 63.9 Å². The minimum Gasteiger partial charge on any atom is -0.496 e. The van der Waals surface area contributed by atoms with Crippen molar-refractivity contribution in [3.63, 3.8) is 0 Å². The molecule has 0 radical (unpaired) electrons. The molecule has 0 aliphatic carbocycles. The Morgan fingerprint density at radius 2 is 1.78 bits per heavy atom. The number of aryl methyl sites for hydroxylation is 1. The molecule has 1 heterocycles. The number of hydrogen-bond donors (Lipinski definition) is 1. The van der Waals surface area contributed by atoms with E-state index >= 15 is 0 Å². The van der Waals surface area contributed by atoms with Gasteiger partial charge in [-0.3, -0.25) is 4.98 Å². The van der Waals surface area contributed by atoms with Gasteiger partial charge in [-0.25, -0.2) is 0 Å². The van der Waals surface area contributed by atoms with E-state index in [1.54, 1.807) is 26.5 Å². The van der Waals surface area contributed by atoms with E-state index in [9.17, 15) is 0 Å². The van der Waals surface area contributed by atoms with Crippen LogP contribution in [-0.2, 0) is 12.8 Å². The van der Waals surface area contributed by atoms with Gasteiger partial charge in [0.15, 0.2) is 0 Å². The van der Waals surface area contributed by atoms with E-state index in [-0.39, 0.29) is 0 Å². The third-order valence-electron chi connectivity index (χ3n) is 4.44. The van der Waals surface area contributed by atoms with E-state index in [0.29, 0.717) is 11.3 Å². The number of ether oxygens (including phenoxy) is 2. The molecule has 138 valence electrons. The minimum absolute atomic E-state index is 0.691. The van der Waals surface area contributed by atoms with Gasteiger partial charge in [0.25, 0.3) is 0 Å². The largest absolute Gasteiger partial charge is 0.496 e. The first-order valence-corrected chi connectivity index (χ1v) is 8.69. The summed E-state index contributed by atoms with van der Waals surface area (Å²) < 4.78 is 11.3. The SMILES string of the molecule is COc1ccc(-c2ncccc2C=NO)c(OC)c1CCc1ccccc1. The second-order valence-electron chi connectivity index (χ2n) is 6.00. The first-order chi connectivity index (χ1) is 13.3. The number of methoxy groups -OCH3 is 2. The molecule has 0 saturated heterocycles. The Labute approximate surface area is 158 Å². The molecule has 27 heavy (non-hydrogen) atoms. The molecule has 0 unspecified atom stereocenters. The molecule has 1 N–H and O–H groups in total. The van der Waals surface area contributed by atoms with Crippen LogP contribution in [0.5, 0.6) is 11.5 Å². The molecule has 0 aliphatic heterocycles. The maximum Gasteiger partial charge on any atom is 0.135 e. The summed E-state index contributed by atoms with van der Waals surface area (Å²) in [7, 11) is 3.30. The molecule has 3 rings (SSSR count). The Morgan fingerprint density at radius 1 is 0.963 bits per heavy atom. The van der Waals surface area contributed by atoms with Crippen LogP contribution in [0.15, 0.2) is 65.9 Å². The van der Waals surface area contributed by atoms with Crippen molar-refractivity contribution in [2.24, 2.45) is 5.16 Å². The number of nitrogens with zero attached hydrogens (tertiary/aromatic N) is 2. The van der Waals surface area contributed by atoms with Crippen molar-refractivity contribution in [1.82, 2.24) is 4.98 Å². The van der Waals surface area contributed by atoms with E-state index in [4.69, 9.17) is 14.7 Å². The quantitative estimate of drug-likeness (QED) is 0.385. The van der Waals surface area contributed by atoms with E-state index < -0.39 is 0 Å². The summed E-state index contributed by atoms with van der Waals surface area (Å²) in [4.78, 5) is 4.47. The van der Waals surface area contributed by atoms with Gasteiger partial charge in [-0.1, -0.05) is 35.5 Å². The van der Waals surface area contributed by atoms with Crippen LogP contribution in [0.3, 0.4) is 0 Å². The van der Waals surface area contributed by atoms with Gasteiger partial charge in [0, 0.05) is 22.9 Å². The highest BCUT2D eigenvalue weighted by atomic mass is 16.5. The predicted molar refractivity (Wildman–Crippen MR) is 106 cm³/mol. The van der Waals surface area contributed by atoms with Crippen molar-refractivity contribution in [3.05, 3.63) is 77.5 Å². The summed E-state index contributed by atoms with van der Waals surface area (Å²) in [5.74, 6) is 1.50. The highest BCUT2D eigenvalue weighted by Crippen LogP contribution is 2.39. The van der Waals surface area contributed by atoms with Crippen LogP contribution in [0.1, 0.15) is 16.7 Å². The number of hydrogen-bond acceptors (Lipinski definition) is 5. The second-order valence-corrected chi connectivity index (χ2v) is 6.00. The van der Waals surface area contributed by atoms with Gasteiger partial charge < -0.3 is 14.7 Å². The van der Waals surface area contributed by atoms with Crippen molar-refractivity contribution in [1.29, 1.82) is 0 Å². The molecule has 0 fully saturated rings. The van der Waals surface area contributed by atoms with E-state index in [1.807, 2.05) is 36.4 Å². The number of benzene rings is 2. The van der Waals surface area contributed by atoms with Crippen molar-refractivity contribution in [2.45, 2.75) is 12.8 Å². The molecule has 1 aromatic heterocycles. The Bertz CT molecular complexity index is 924. The van der Waals surface area contributed by atoms with Crippen molar-refractivity contribution >= 4 is 6.21 Å². The number of aromatic nitrogens is 1. The van der Waals surface area contributed by atoms with E-state index in [2.05, 4.69) is 22.3 Å². The highest BCUT2D eigenvalue weighted by molar-refractivity contribution is 5.90. The van der Waals surface area contributed by atoms with Crippen LogP contribution in [0, 0.1) is 0 Å². The van der Waals surface area contributed by atoms with Crippen LogP contribution in [0.2, 0.25) is 0 Å². The van der Waals surface area contributed by atoms with Crippen LogP contribution < -0.4 is 9.47 Å². The second kappa shape index (κ2) is 8.85. The Morgan fingerprint density at radius 3 is 2.48 bits per heavy atom. The Kier molecular flexibility index (Phi) is 6.05. The molecule has 0 amide bonds. The fourth-order valence-corrected chi connectivity index (χ4v) is 3.18. The maximum absolute atomic E-state index is 8.96. The molecule has 3 aromatic rings. The molecule has 2 aromatic carbocycles. The highest BCUT2D eigenvalue weighted by Gasteiger charge is 2.18. The third kappa shape index (κ3) is 4.08. The summed E-state index contributed by atoms with van der Waals surface area (Å²) in [6.45, 7) is 0. The van der Waals surface area contributed by atoms with Crippen LogP contribution >= 0.6 is 0 Å². The molecule has 0 bridgehead atoms. The number of pyridine rings is 1. The zero-order valence-corrected chi connectivity index (χ0v) is 15.4. The van der Waals surface area contributed by atoms with Crippen LogP contribution in [-0.4, -0.2) is 30.6 Å². The lowest BCUT2D eigenvalue weighted by molar-refractivity contribution is 0.322. The van der Waals surface area contributed by atoms with Gasteiger partial charge >= 0.3 is 0 Å². The molecule has 0 aliphatic rings. The standard InChI is InChI=1S/C22H22N2O3/c1-26-20-13-12-19(21-17(15-24-25)9-6-14-23-21)22(27-2)18(20)11-10-16-7-4-3-5-8-16/h3-9,12-15,25H,10-11H2,1-2H3. The monoisotopic (exact) mass is 362 g/mol.